The standard InChI is InChI=1S/C20H28N2O3/c1-24-19-12-14(6-9-18(19)25-17-4-2-3-5-17)20(23)22-11-10-15-7-8-16(13-22)21-15/h6,9,12,15-17,21H,2-5,7-8,10-11,13H2,1H3. The number of fused-ring (bicyclic) bond motifs is 2. The lowest BCUT2D eigenvalue weighted by atomic mass is 10.1. The second-order valence-electron chi connectivity index (χ2n) is 7.57. The van der Waals surface area contributed by atoms with Gasteiger partial charge in [-0.2, -0.15) is 0 Å². The highest BCUT2D eigenvalue weighted by Gasteiger charge is 2.31. The van der Waals surface area contributed by atoms with Gasteiger partial charge in [0, 0.05) is 30.7 Å². The van der Waals surface area contributed by atoms with Crippen LogP contribution in [-0.2, 0) is 0 Å². The molecule has 136 valence electrons. The lowest BCUT2D eigenvalue weighted by molar-refractivity contribution is 0.0747. The van der Waals surface area contributed by atoms with E-state index >= 15 is 0 Å². The summed E-state index contributed by atoms with van der Waals surface area (Å²) < 4.78 is 11.6. The van der Waals surface area contributed by atoms with E-state index in [9.17, 15) is 4.79 Å². The molecule has 2 unspecified atom stereocenters. The topological polar surface area (TPSA) is 50.8 Å². The molecule has 0 spiro atoms. The van der Waals surface area contributed by atoms with Crippen LogP contribution in [0.15, 0.2) is 18.2 Å². The Morgan fingerprint density at radius 2 is 1.88 bits per heavy atom. The summed E-state index contributed by atoms with van der Waals surface area (Å²) in [6, 6.07) is 6.64. The molecule has 4 rings (SSSR count). The molecule has 25 heavy (non-hydrogen) atoms. The van der Waals surface area contributed by atoms with E-state index in [4.69, 9.17) is 9.47 Å². The smallest absolute Gasteiger partial charge is 0.254 e. The van der Waals surface area contributed by atoms with Crippen LogP contribution < -0.4 is 14.8 Å². The van der Waals surface area contributed by atoms with Crippen molar-refractivity contribution < 1.29 is 14.3 Å². The van der Waals surface area contributed by atoms with E-state index in [1.54, 1.807) is 7.11 Å². The van der Waals surface area contributed by atoms with Crippen molar-refractivity contribution in [2.24, 2.45) is 0 Å². The van der Waals surface area contributed by atoms with Crippen LogP contribution in [0.4, 0.5) is 0 Å². The second kappa shape index (κ2) is 7.24. The molecular formula is C20H28N2O3. The zero-order valence-corrected chi connectivity index (χ0v) is 15.0. The van der Waals surface area contributed by atoms with Gasteiger partial charge in [0.2, 0.25) is 0 Å². The Balaban J connectivity index is 1.48. The summed E-state index contributed by atoms with van der Waals surface area (Å²) in [6.45, 7) is 1.63. The van der Waals surface area contributed by atoms with E-state index in [0.29, 0.717) is 23.4 Å². The summed E-state index contributed by atoms with van der Waals surface area (Å²) in [6.07, 6.45) is 8.41. The molecule has 1 saturated carbocycles. The third-order valence-electron chi connectivity index (χ3n) is 5.82. The van der Waals surface area contributed by atoms with Gasteiger partial charge in [-0.15, -0.1) is 0 Å². The molecule has 3 aliphatic rings. The van der Waals surface area contributed by atoms with Crippen LogP contribution in [0.5, 0.6) is 11.5 Å². The number of amides is 1. The Morgan fingerprint density at radius 3 is 2.68 bits per heavy atom. The van der Waals surface area contributed by atoms with Crippen molar-refractivity contribution in [3.05, 3.63) is 23.8 Å². The van der Waals surface area contributed by atoms with Gasteiger partial charge in [0.15, 0.2) is 11.5 Å². The van der Waals surface area contributed by atoms with Crippen LogP contribution in [0, 0.1) is 0 Å². The SMILES string of the molecule is COc1cc(C(=O)N2CCC3CCC(C2)N3)ccc1OC1CCCC1. The lowest BCUT2D eigenvalue weighted by Crippen LogP contribution is -2.39. The van der Waals surface area contributed by atoms with Crippen LogP contribution in [0.2, 0.25) is 0 Å². The fourth-order valence-electron chi connectivity index (χ4n) is 4.39. The van der Waals surface area contributed by atoms with Gasteiger partial charge in [-0.1, -0.05) is 0 Å². The summed E-state index contributed by atoms with van der Waals surface area (Å²) in [5, 5.41) is 3.62. The molecule has 3 fully saturated rings. The van der Waals surface area contributed by atoms with Crippen LogP contribution in [0.3, 0.4) is 0 Å². The maximum atomic E-state index is 13.0. The molecule has 2 aliphatic heterocycles. The minimum Gasteiger partial charge on any atom is -0.493 e. The van der Waals surface area contributed by atoms with Gasteiger partial charge in [0.05, 0.1) is 13.2 Å². The molecule has 5 nitrogen and oxygen atoms in total. The van der Waals surface area contributed by atoms with E-state index < -0.39 is 0 Å². The molecule has 0 radical (unpaired) electrons. The molecule has 1 aromatic rings. The molecule has 5 heteroatoms. The number of carbonyl (C=O) groups is 1. The Kier molecular flexibility index (Phi) is 4.84. The van der Waals surface area contributed by atoms with Crippen LogP contribution in [-0.4, -0.2) is 49.2 Å². The molecule has 1 aromatic carbocycles. The molecule has 2 heterocycles. The molecule has 2 atom stereocenters. The zero-order chi connectivity index (χ0) is 17.2. The fourth-order valence-corrected chi connectivity index (χ4v) is 4.39. The van der Waals surface area contributed by atoms with Crippen molar-refractivity contribution in [2.45, 2.75) is 63.1 Å². The summed E-state index contributed by atoms with van der Waals surface area (Å²) in [5.74, 6) is 1.51. The maximum Gasteiger partial charge on any atom is 0.254 e. The Morgan fingerprint density at radius 1 is 1.08 bits per heavy atom. The highest BCUT2D eigenvalue weighted by Crippen LogP contribution is 2.33. The molecule has 0 aromatic heterocycles. The molecule has 1 amide bonds. The highest BCUT2D eigenvalue weighted by molar-refractivity contribution is 5.95. The van der Waals surface area contributed by atoms with E-state index in [0.717, 1.165) is 38.1 Å². The fraction of sp³-hybridized carbons (Fsp3) is 0.650. The number of methoxy groups -OCH3 is 1. The predicted molar refractivity (Wildman–Crippen MR) is 96.3 cm³/mol. The van der Waals surface area contributed by atoms with Gasteiger partial charge >= 0.3 is 0 Å². The average molecular weight is 344 g/mol. The zero-order valence-electron chi connectivity index (χ0n) is 15.0. The number of hydrogen-bond donors (Lipinski definition) is 1. The monoisotopic (exact) mass is 344 g/mol. The van der Waals surface area contributed by atoms with Gasteiger partial charge < -0.3 is 19.7 Å². The van der Waals surface area contributed by atoms with Crippen LogP contribution in [0.1, 0.15) is 55.3 Å². The van der Waals surface area contributed by atoms with E-state index in [1.165, 1.54) is 25.7 Å². The lowest BCUT2D eigenvalue weighted by Gasteiger charge is -2.25. The van der Waals surface area contributed by atoms with Crippen LogP contribution in [0.25, 0.3) is 0 Å². The van der Waals surface area contributed by atoms with Gasteiger partial charge in [-0.05, 0) is 63.1 Å². The summed E-state index contributed by atoms with van der Waals surface area (Å²) in [7, 11) is 1.64. The van der Waals surface area contributed by atoms with Crippen molar-refractivity contribution in [2.75, 3.05) is 20.2 Å². The first-order valence-corrected chi connectivity index (χ1v) is 9.63. The molecule has 1 aliphatic carbocycles. The van der Waals surface area contributed by atoms with Crippen molar-refractivity contribution >= 4 is 5.91 Å². The van der Waals surface area contributed by atoms with Crippen molar-refractivity contribution in [3.8, 4) is 11.5 Å². The van der Waals surface area contributed by atoms with E-state index in [-0.39, 0.29) is 12.0 Å². The first-order valence-electron chi connectivity index (χ1n) is 9.63. The van der Waals surface area contributed by atoms with Crippen molar-refractivity contribution in [1.29, 1.82) is 0 Å². The number of nitrogens with zero attached hydrogens (tertiary/aromatic N) is 1. The van der Waals surface area contributed by atoms with Crippen molar-refractivity contribution in [3.63, 3.8) is 0 Å². The number of likely N-dealkylation sites (tertiary alicyclic amines) is 1. The molecular weight excluding hydrogens is 316 g/mol. The summed E-state index contributed by atoms with van der Waals surface area (Å²) in [4.78, 5) is 14.9. The number of ether oxygens (including phenoxy) is 2. The molecule has 2 bridgehead atoms. The number of hydrogen-bond acceptors (Lipinski definition) is 4. The second-order valence-corrected chi connectivity index (χ2v) is 7.57. The van der Waals surface area contributed by atoms with Gasteiger partial charge in [-0.3, -0.25) is 4.79 Å². The minimum atomic E-state index is 0.0973. The number of benzene rings is 1. The number of rotatable bonds is 4. The van der Waals surface area contributed by atoms with Gasteiger partial charge in [-0.25, -0.2) is 0 Å². The molecule has 2 saturated heterocycles. The van der Waals surface area contributed by atoms with Gasteiger partial charge in [0.25, 0.3) is 5.91 Å². The Bertz CT molecular complexity index is 627. The largest absolute Gasteiger partial charge is 0.493 e. The minimum absolute atomic E-state index is 0.0973. The number of nitrogens with one attached hydrogen (secondary N) is 1. The molecule has 1 N–H and O–H groups in total. The van der Waals surface area contributed by atoms with E-state index in [2.05, 4.69) is 5.32 Å². The summed E-state index contributed by atoms with van der Waals surface area (Å²) >= 11 is 0. The third kappa shape index (κ3) is 3.61. The first kappa shape index (κ1) is 16.7. The quantitative estimate of drug-likeness (QED) is 0.912. The van der Waals surface area contributed by atoms with Crippen LogP contribution >= 0.6 is 0 Å². The van der Waals surface area contributed by atoms with E-state index in [1.807, 2.05) is 23.1 Å². The van der Waals surface area contributed by atoms with Gasteiger partial charge in [0.1, 0.15) is 0 Å². The maximum absolute atomic E-state index is 13.0. The first-order chi connectivity index (χ1) is 12.2. The highest BCUT2D eigenvalue weighted by atomic mass is 16.5. The summed E-state index contributed by atoms with van der Waals surface area (Å²) in [5.41, 5.74) is 0.688. The average Bonchev–Trinajstić information content (AvgIpc) is 3.24. The van der Waals surface area contributed by atoms with Crippen molar-refractivity contribution in [1.82, 2.24) is 10.2 Å². The number of carbonyl (C=O) groups excluding carboxylic acids is 1. The normalized spacial score (nSPS) is 26.5. The Hall–Kier alpha value is -1.75. The predicted octanol–water partition coefficient (Wildman–Crippen LogP) is 2.98. The Labute approximate surface area is 149 Å². The third-order valence-corrected chi connectivity index (χ3v) is 5.82.